The highest BCUT2D eigenvalue weighted by Crippen LogP contribution is 2.59. The topological polar surface area (TPSA) is 87.8 Å². The summed E-state index contributed by atoms with van der Waals surface area (Å²) in [7, 11) is 0. The largest absolute Gasteiger partial charge is 0.368 e. The summed E-state index contributed by atoms with van der Waals surface area (Å²) in [5, 5.41) is 4.78. The quantitative estimate of drug-likeness (QED) is 0.547. The first-order valence-corrected chi connectivity index (χ1v) is 12.7. The van der Waals surface area contributed by atoms with E-state index in [1.54, 1.807) is 0 Å². The molecule has 1 aromatic rings. The third-order valence-electron chi connectivity index (χ3n) is 6.86. The van der Waals surface area contributed by atoms with Gasteiger partial charge in [-0.25, -0.2) is 0 Å². The van der Waals surface area contributed by atoms with Crippen molar-refractivity contribution < 1.29 is 9.59 Å². The Kier molecular flexibility index (Phi) is 6.66. The summed E-state index contributed by atoms with van der Waals surface area (Å²) >= 11 is 13.8. The predicted molar refractivity (Wildman–Crippen MR) is 139 cm³/mol. The highest BCUT2D eigenvalue weighted by molar-refractivity contribution is 8.18. The number of amidine groups is 1. The molecule has 9 heteroatoms. The molecule has 2 heterocycles. The molecule has 0 fully saturated rings. The van der Waals surface area contributed by atoms with Crippen LogP contribution in [0.5, 0.6) is 0 Å². The van der Waals surface area contributed by atoms with Crippen molar-refractivity contribution in [3.63, 3.8) is 0 Å². The van der Waals surface area contributed by atoms with Gasteiger partial charge in [0.05, 0.1) is 23.0 Å². The zero-order chi connectivity index (χ0) is 24.8. The highest BCUT2D eigenvalue weighted by atomic mass is 35.5. The number of hydrogen-bond acceptors (Lipinski definition) is 5. The number of nitrogens with one attached hydrogen (secondary N) is 1. The summed E-state index contributed by atoms with van der Waals surface area (Å²) in [6, 6.07) is 7.64. The van der Waals surface area contributed by atoms with Gasteiger partial charge in [-0.15, -0.1) is 0 Å². The summed E-state index contributed by atoms with van der Waals surface area (Å²) < 4.78 is 0. The first-order valence-electron chi connectivity index (χ1n) is 11.1. The Morgan fingerprint density at radius 2 is 1.94 bits per heavy atom. The highest BCUT2D eigenvalue weighted by Gasteiger charge is 2.59. The van der Waals surface area contributed by atoms with Crippen LogP contribution in [0.4, 0.5) is 0 Å². The first kappa shape index (κ1) is 24.9. The smallest absolute Gasteiger partial charge is 0.260 e. The molecule has 0 radical (unpaired) electrons. The molecule has 0 saturated carbocycles. The maximum atomic E-state index is 13.0. The van der Waals surface area contributed by atoms with E-state index in [0.29, 0.717) is 9.93 Å². The summed E-state index contributed by atoms with van der Waals surface area (Å²) in [4.78, 5) is 32.3. The number of carbonyl (C=O) groups excluding carboxylic acids is 2. The maximum Gasteiger partial charge on any atom is 0.260 e. The Bertz CT molecular complexity index is 1160. The van der Waals surface area contributed by atoms with E-state index in [0.717, 1.165) is 27.9 Å². The number of nitrogens with two attached hydrogens (primary N) is 1. The number of fused-ring (bicyclic) bond motifs is 1. The summed E-state index contributed by atoms with van der Waals surface area (Å²) in [5.74, 6) is -0.869. The van der Waals surface area contributed by atoms with Gasteiger partial charge in [-0.3, -0.25) is 14.6 Å². The second-order valence-corrected chi connectivity index (χ2v) is 11.4. The molecule has 4 rings (SSSR count). The third kappa shape index (κ3) is 4.18. The molecule has 2 amide bonds. The molecule has 0 bridgehead atoms. The van der Waals surface area contributed by atoms with Gasteiger partial charge in [0.1, 0.15) is 0 Å². The van der Waals surface area contributed by atoms with E-state index in [-0.39, 0.29) is 29.8 Å². The van der Waals surface area contributed by atoms with Crippen molar-refractivity contribution in [2.24, 2.45) is 22.1 Å². The van der Waals surface area contributed by atoms with E-state index in [2.05, 4.69) is 44.0 Å². The molecule has 180 valence electrons. The number of primary amides is 1. The van der Waals surface area contributed by atoms with E-state index in [4.69, 9.17) is 33.9 Å². The lowest BCUT2D eigenvalue weighted by Crippen LogP contribution is -2.48. The minimum Gasteiger partial charge on any atom is -0.368 e. The SMILES string of the molecule is CC(C)C1=C(C(=O)NCC(N)=O)SC2=NC(C)(C3(C)C=CC(Cl)=CC3)C(c3ccc(Cl)cc3)N21. The summed E-state index contributed by atoms with van der Waals surface area (Å²) in [5.41, 5.74) is 6.30. The van der Waals surface area contributed by atoms with Crippen LogP contribution in [0.3, 0.4) is 0 Å². The van der Waals surface area contributed by atoms with Crippen molar-refractivity contribution in [1.82, 2.24) is 10.2 Å². The van der Waals surface area contributed by atoms with Crippen LogP contribution in [0.15, 0.2) is 63.1 Å². The molecule has 0 aromatic heterocycles. The standard InChI is InChI=1S/C25H28Cl2N4O2S/c1-14(2)19-20(22(33)29-13-18(28)32)34-23-30-25(4,24(3)11-9-17(27)10-12-24)21(31(19)23)15-5-7-16(26)8-6-15/h5-11,14,21H,12-13H2,1-4H3,(H2,28,32)(H,29,33). The monoisotopic (exact) mass is 518 g/mol. The zero-order valence-corrected chi connectivity index (χ0v) is 21.9. The van der Waals surface area contributed by atoms with Crippen molar-refractivity contribution in [2.45, 2.75) is 45.7 Å². The van der Waals surface area contributed by atoms with E-state index in [1.165, 1.54) is 11.8 Å². The molecule has 34 heavy (non-hydrogen) atoms. The van der Waals surface area contributed by atoms with Crippen LogP contribution in [0.2, 0.25) is 5.02 Å². The van der Waals surface area contributed by atoms with E-state index >= 15 is 0 Å². The number of nitrogens with zero attached hydrogens (tertiary/aromatic N) is 2. The number of halogens is 2. The van der Waals surface area contributed by atoms with Crippen LogP contribution in [0, 0.1) is 11.3 Å². The number of hydrogen-bond donors (Lipinski definition) is 2. The van der Waals surface area contributed by atoms with Crippen molar-refractivity contribution in [2.75, 3.05) is 6.54 Å². The van der Waals surface area contributed by atoms with Crippen LogP contribution < -0.4 is 11.1 Å². The Labute approximate surface area is 214 Å². The van der Waals surface area contributed by atoms with Crippen LogP contribution in [0.1, 0.15) is 45.7 Å². The second-order valence-electron chi connectivity index (χ2n) is 9.53. The molecule has 3 atom stereocenters. The number of rotatable bonds is 6. The molecule has 3 N–H and O–H groups in total. The molecule has 2 aliphatic heterocycles. The second kappa shape index (κ2) is 9.10. The van der Waals surface area contributed by atoms with Gasteiger partial charge in [-0.1, -0.05) is 68.3 Å². The fourth-order valence-electron chi connectivity index (χ4n) is 4.84. The number of benzene rings is 1. The van der Waals surface area contributed by atoms with Gasteiger partial charge in [0.15, 0.2) is 5.17 Å². The zero-order valence-electron chi connectivity index (χ0n) is 19.6. The maximum absolute atomic E-state index is 13.0. The number of thioether (sulfide) groups is 1. The lowest BCUT2D eigenvalue weighted by atomic mass is 9.63. The van der Waals surface area contributed by atoms with Gasteiger partial charge < -0.3 is 16.0 Å². The molecular weight excluding hydrogens is 491 g/mol. The van der Waals surface area contributed by atoms with Gasteiger partial charge in [0, 0.05) is 21.2 Å². The average molecular weight is 519 g/mol. The Morgan fingerprint density at radius 1 is 1.26 bits per heavy atom. The van der Waals surface area contributed by atoms with E-state index in [9.17, 15) is 9.59 Å². The molecular formula is C25H28Cl2N4O2S. The lowest BCUT2D eigenvalue weighted by Gasteiger charge is -2.47. The fourth-order valence-corrected chi connectivity index (χ4v) is 6.43. The van der Waals surface area contributed by atoms with Gasteiger partial charge in [-0.05, 0) is 54.8 Å². The van der Waals surface area contributed by atoms with Crippen molar-refractivity contribution >= 4 is 51.9 Å². The van der Waals surface area contributed by atoms with Crippen molar-refractivity contribution in [1.29, 1.82) is 0 Å². The minimum atomic E-state index is -0.587. The summed E-state index contributed by atoms with van der Waals surface area (Å²) in [6.45, 7) is 8.26. The van der Waals surface area contributed by atoms with E-state index in [1.807, 2.05) is 36.4 Å². The molecule has 0 spiro atoms. The predicted octanol–water partition coefficient (Wildman–Crippen LogP) is 5.12. The Hall–Kier alpha value is -2.22. The van der Waals surface area contributed by atoms with Gasteiger partial charge in [-0.2, -0.15) is 0 Å². The number of amides is 2. The molecule has 1 aliphatic carbocycles. The Balaban J connectivity index is 1.84. The molecule has 0 saturated heterocycles. The third-order valence-corrected chi connectivity index (χ3v) is 8.46. The van der Waals surface area contributed by atoms with E-state index < -0.39 is 11.4 Å². The summed E-state index contributed by atoms with van der Waals surface area (Å²) in [6.07, 6.45) is 6.86. The van der Waals surface area contributed by atoms with Crippen molar-refractivity contribution in [3.05, 3.63) is 68.7 Å². The van der Waals surface area contributed by atoms with Crippen LogP contribution in [0.25, 0.3) is 0 Å². The Morgan fingerprint density at radius 3 is 2.50 bits per heavy atom. The normalized spacial score (nSPS) is 28.2. The van der Waals surface area contributed by atoms with Crippen LogP contribution >= 0.6 is 35.0 Å². The van der Waals surface area contributed by atoms with Crippen molar-refractivity contribution in [3.8, 4) is 0 Å². The van der Waals surface area contributed by atoms with Gasteiger partial charge in [0.25, 0.3) is 5.91 Å². The first-order chi connectivity index (χ1) is 16.0. The van der Waals surface area contributed by atoms with Crippen LogP contribution in [-0.4, -0.2) is 34.0 Å². The fraction of sp³-hybridized carbons (Fsp3) is 0.400. The van der Waals surface area contributed by atoms with Gasteiger partial charge in [0.2, 0.25) is 5.91 Å². The molecule has 1 aromatic carbocycles. The number of carbonyl (C=O) groups is 2. The molecule has 6 nitrogen and oxygen atoms in total. The van der Waals surface area contributed by atoms with Gasteiger partial charge >= 0.3 is 0 Å². The molecule has 3 unspecified atom stereocenters. The molecule has 3 aliphatic rings. The number of aliphatic imine (C=N–C) groups is 1. The van der Waals surface area contributed by atoms with Crippen LogP contribution in [-0.2, 0) is 9.59 Å². The average Bonchev–Trinajstić information content (AvgIpc) is 3.28. The lowest BCUT2D eigenvalue weighted by molar-refractivity contribution is -0.122. The number of allylic oxidation sites excluding steroid dienone is 4. The minimum absolute atomic E-state index is 0.0377.